The van der Waals surface area contributed by atoms with Crippen molar-refractivity contribution in [2.24, 2.45) is 0 Å². The summed E-state index contributed by atoms with van der Waals surface area (Å²) in [5.74, 6) is -0.138. The van der Waals surface area contributed by atoms with Crippen molar-refractivity contribution in [2.45, 2.75) is 31.4 Å². The number of aromatic amines is 1. The number of nitrogens with zero attached hydrogens (tertiary/aromatic N) is 4. The fraction of sp³-hybridized carbons (Fsp3) is 0.300. The first kappa shape index (κ1) is 18.8. The van der Waals surface area contributed by atoms with Crippen LogP contribution in [0.3, 0.4) is 0 Å². The first-order valence-electron chi connectivity index (χ1n) is 9.54. The summed E-state index contributed by atoms with van der Waals surface area (Å²) in [5, 5.41) is 16.6. The van der Waals surface area contributed by atoms with Gasteiger partial charge in [-0.05, 0) is 31.4 Å². The number of esters is 1. The molecule has 3 heterocycles. The molecule has 3 aromatic heterocycles. The fourth-order valence-electron chi connectivity index (χ4n) is 4.15. The number of carbonyl (C=O) groups is 1. The van der Waals surface area contributed by atoms with E-state index in [1.54, 1.807) is 22.9 Å². The summed E-state index contributed by atoms with van der Waals surface area (Å²) in [4.78, 5) is 23.7. The molecular formula is C20H19ClN6O3. The van der Waals surface area contributed by atoms with Crippen molar-refractivity contribution in [3.63, 3.8) is 0 Å². The van der Waals surface area contributed by atoms with Gasteiger partial charge in [-0.15, -0.1) is 0 Å². The molecule has 1 aliphatic rings. The van der Waals surface area contributed by atoms with Gasteiger partial charge in [-0.2, -0.15) is 5.10 Å². The van der Waals surface area contributed by atoms with Crippen LogP contribution >= 0.6 is 11.6 Å². The van der Waals surface area contributed by atoms with Gasteiger partial charge >= 0.3 is 5.97 Å². The second-order valence-electron chi connectivity index (χ2n) is 7.44. The van der Waals surface area contributed by atoms with Crippen molar-refractivity contribution in [1.82, 2.24) is 24.7 Å². The number of H-pyrrole nitrogens is 1. The molecule has 0 amide bonds. The number of nitrogens with one attached hydrogen (secondary N) is 1. The fourth-order valence-corrected chi connectivity index (χ4v) is 4.45. The van der Waals surface area contributed by atoms with Gasteiger partial charge in [0, 0.05) is 10.9 Å². The molecule has 0 aliphatic heterocycles. The van der Waals surface area contributed by atoms with Gasteiger partial charge in [0.15, 0.2) is 5.65 Å². The number of methoxy groups -OCH3 is 1. The third-order valence-corrected chi connectivity index (χ3v) is 6.03. The number of aliphatic hydroxyl groups is 1. The van der Waals surface area contributed by atoms with E-state index in [4.69, 9.17) is 27.2 Å². The molecule has 30 heavy (non-hydrogen) atoms. The Hall–Kier alpha value is -3.17. The number of halogens is 1. The van der Waals surface area contributed by atoms with E-state index in [0.29, 0.717) is 57.2 Å². The van der Waals surface area contributed by atoms with E-state index in [2.05, 4.69) is 15.0 Å². The number of hydrogen-bond acceptors (Lipinski definition) is 7. The molecule has 4 aromatic rings. The molecule has 0 bridgehead atoms. The normalized spacial score (nSPS) is 19.0. The van der Waals surface area contributed by atoms with E-state index in [9.17, 15) is 9.90 Å². The lowest BCUT2D eigenvalue weighted by Crippen LogP contribution is -2.09. The number of nitrogens with two attached hydrogens (primary N) is 1. The molecule has 10 heteroatoms. The number of carbonyl (C=O) groups excluding carboxylic acids is 1. The SMILES string of the molecule is COC(=O)c1ccc2c(Cl)c(-c3nn(C4CCC(O)C4)c4ncnc(N)c34)[nH]c2c1. The highest BCUT2D eigenvalue weighted by molar-refractivity contribution is 6.38. The largest absolute Gasteiger partial charge is 0.465 e. The third-order valence-electron chi connectivity index (χ3n) is 5.63. The molecular weight excluding hydrogens is 408 g/mol. The molecule has 1 saturated carbocycles. The highest BCUT2D eigenvalue weighted by Gasteiger charge is 2.30. The predicted molar refractivity (Wildman–Crippen MR) is 112 cm³/mol. The summed E-state index contributed by atoms with van der Waals surface area (Å²) < 4.78 is 6.60. The Balaban J connectivity index is 1.72. The topological polar surface area (TPSA) is 132 Å². The maximum absolute atomic E-state index is 11.9. The van der Waals surface area contributed by atoms with Crippen molar-refractivity contribution in [2.75, 3.05) is 12.8 Å². The van der Waals surface area contributed by atoms with Crippen LogP contribution in [-0.4, -0.2) is 49.0 Å². The summed E-state index contributed by atoms with van der Waals surface area (Å²) in [6, 6.07) is 5.12. The van der Waals surface area contributed by atoms with Crippen molar-refractivity contribution in [3.8, 4) is 11.4 Å². The van der Waals surface area contributed by atoms with Gasteiger partial charge < -0.3 is 20.6 Å². The number of hydrogen-bond donors (Lipinski definition) is 3. The lowest BCUT2D eigenvalue weighted by Gasteiger charge is -2.10. The molecule has 1 aromatic carbocycles. The van der Waals surface area contributed by atoms with E-state index in [-0.39, 0.29) is 12.1 Å². The van der Waals surface area contributed by atoms with Crippen molar-refractivity contribution in [3.05, 3.63) is 35.1 Å². The zero-order chi connectivity index (χ0) is 21.0. The van der Waals surface area contributed by atoms with Crippen LogP contribution in [0.2, 0.25) is 5.02 Å². The minimum atomic E-state index is -0.434. The van der Waals surface area contributed by atoms with Crippen molar-refractivity contribution in [1.29, 1.82) is 0 Å². The highest BCUT2D eigenvalue weighted by atomic mass is 35.5. The first-order valence-corrected chi connectivity index (χ1v) is 9.92. The Morgan fingerprint density at radius 2 is 2.20 bits per heavy atom. The molecule has 0 spiro atoms. The van der Waals surface area contributed by atoms with Crippen LogP contribution in [-0.2, 0) is 4.74 Å². The Morgan fingerprint density at radius 1 is 1.37 bits per heavy atom. The summed E-state index contributed by atoms with van der Waals surface area (Å²) in [6.07, 6.45) is 3.16. The van der Waals surface area contributed by atoms with E-state index in [0.717, 1.165) is 11.8 Å². The number of ether oxygens (including phenoxy) is 1. The summed E-state index contributed by atoms with van der Waals surface area (Å²) in [5.41, 5.74) is 8.97. The molecule has 2 unspecified atom stereocenters. The van der Waals surface area contributed by atoms with E-state index < -0.39 is 5.97 Å². The van der Waals surface area contributed by atoms with Crippen LogP contribution in [0.1, 0.15) is 35.7 Å². The Morgan fingerprint density at radius 3 is 2.93 bits per heavy atom. The van der Waals surface area contributed by atoms with E-state index >= 15 is 0 Å². The smallest absolute Gasteiger partial charge is 0.337 e. The monoisotopic (exact) mass is 426 g/mol. The lowest BCUT2D eigenvalue weighted by molar-refractivity contribution is 0.0601. The predicted octanol–water partition coefficient (Wildman–Crippen LogP) is 3.08. The molecule has 1 aliphatic carbocycles. The maximum atomic E-state index is 11.9. The quantitative estimate of drug-likeness (QED) is 0.429. The van der Waals surface area contributed by atoms with Crippen LogP contribution in [0, 0.1) is 0 Å². The molecule has 0 radical (unpaired) electrons. The van der Waals surface area contributed by atoms with Gasteiger partial charge in [-0.3, -0.25) is 0 Å². The number of aromatic nitrogens is 5. The van der Waals surface area contributed by atoms with Crippen LogP contribution < -0.4 is 5.73 Å². The standard InChI is InChI=1S/C20H19ClN6O3/c1-30-20(29)9-2-5-12-13(6-9)25-17(15(12)21)16-14-18(22)23-8-24-19(14)27(26-16)10-3-4-11(28)7-10/h2,5-6,8,10-11,25,28H,3-4,7H2,1H3,(H2,22,23,24). The molecule has 0 saturated heterocycles. The lowest BCUT2D eigenvalue weighted by atomic mass is 10.1. The third kappa shape index (κ3) is 2.81. The van der Waals surface area contributed by atoms with Crippen LogP contribution in [0.4, 0.5) is 5.82 Å². The second-order valence-corrected chi connectivity index (χ2v) is 7.82. The Bertz CT molecular complexity index is 1300. The van der Waals surface area contributed by atoms with E-state index in [1.165, 1.54) is 13.4 Å². The van der Waals surface area contributed by atoms with Gasteiger partial charge in [0.25, 0.3) is 0 Å². The molecule has 5 rings (SSSR count). The zero-order valence-corrected chi connectivity index (χ0v) is 16.8. The van der Waals surface area contributed by atoms with Crippen LogP contribution in [0.5, 0.6) is 0 Å². The summed E-state index contributed by atoms with van der Waals surface area (Å²) in [6.45, 7) is 0. The highest BCUT2D eigenvalue weighted by Crippen LogP contribution is 2.40. The van der Waals surface area contributed by atoms with Gasteiger partial charge in [-0.1, -0.05) is 17.7 Å². The molecule has 4 N–H and O–H groups in total. The maximum Gasteiger partial charge on any atom is 0.337 e. The Kier molecular flexibility index (Phi) is 4.37. The number of anilines is 1. The molecule has 9 nitrogen and oxygen atoms in total. The number of nitrogen functional groups attached to an aromatic ring is 1. The summed E-state index contributed by atoms with van der Waals surface area (Å²) >= 11 is 6.68. The number of benzene rings is 1. The molecule has 1 fully saturated rings. The second kappa shape index (κ2) is 6.96. The average molecular weight is 427 g/mol. The van der Waals surface area contributed by atoms with E-state index in [1.807, 2.05) is 0 Å². The Labute approximate surface area is 175 Å². The minimum absolute atomic E-state index is 0.0135. The van der Waals surface area contributed by atoms with Crippen molar-refractivity contribution < 1.29 is 14.6 Å². The van der Waals surface area contributed by atoms with Crippen LogP contribution in [0.15, 0.2) is 24.5 Å². The zero-order valence-electron chi connectivity index (χ0n) is 16.1. The number of rotatable bonds is 3. The van der Waals surface area contributed by atoms with Crippen molar-refractivity contribution >= 4 is 45.3 Å². The first-order chi connectivity index (χ1) is 14.5. The van der Waals surface area contributed by atoms with Crippen LogP contribution in [0.25, 0.3) is 33.3 Å². The van der Waals surface area contributed by atoms with Gasteiger partial charge in [0.05, 0.1) is 40.9 Å². The van der Waals surface area contributed by atoms with Gasteiger partial charge in [0.2, 0.25) is 0 Å². The number of aliphatic hydroxyl groups excluding tert-OH is 1. The minimum Gasteiger partial charge on any atom is -0.465 e. The van der Waals surface area contributed by atoms with Gasteiger partial charge in [0.1, 0.15) is 17.8 Å². The van der Waals surface area contributed by atoms with Gasteiger partial charge in [-0.25, -0.2) is 19.4 Å². The average Bonchev–Trinajstić information content (AvgIpc) is 3.43. The molecule has 2 atom stereocenters. The number of fused-ring (bicyclic) bond motifs is 2. The molecule has 154 valence electrons. The summed E-state index contributed by atoms with van der Waals surface area (Å²) in [7, 11) is 1.33.